The molecule has 5 amide bonds. The Morgan fingerprint density at radius 1 is 0.964 bits per heavy atom. The number of nitro groups is 1. The molecule has 4 atom stereocenters. The number of aliphatic hydroxyl groups is 1. The Kier molecular flexibility index (Phi) is 17.1. The van der Waals surface area contributed by atoms with Crippen LogP contribution in [0, 0.1) is 10.1 Å². The third-order valence-electron chi connectivity index (χ3n) is 8.47. The molecular weight excluding hydrogens is 777 g/mol. The second-order valence-electron chi connectivity index (χ2n) is 12.6. The molecule has 56 heavy (non-hydrogen) atoms. The van der Waals surface area contributed by atoms with Gasteiger partial charge in [-0.1, -0.05) is 6.42 Å². The average Bonchev–Trinajstić information content (AvgIpc) is 3.80. The highest BCUT2D eigenvalue weighted by Gasteiger charge is 2.65. The number of nitro benzene ring substituents is 1. The largest absolute Gasteiger partial charge is 0.490 e. The number of thioether (sulfide) groups is 1. The van der Waals surface area contributed by atoms with Gasteiger partial charge in [-0.2, -0.15) is 24.9 Å². The van der Waals surface area contributed by atoms with Gasteiger partial charge in [-0.05, 0) is 18.9 Å². The molecule has 0 radical (unpaired) electrons. The Labute approximate surface area is 322 Å². The van der Waals surface area contributed by atoms with E-state index in [4.69, 9.17) is 23.7 Å². The van der Waals surface area contributed by atoms with E-state index in [-0.39, 0.29) is 56.1 Å². The number of carbonyl (C=O) groups is 4. The monoisotopic (exact) mass is 822 g/mol. The van der Waals surface area contributed by atoms with Crippen LogP contribution in [0.4, 0.5) is 28.4 Å². The number of benzene rings is 1. The van der Waals surface area contributed by atoms with Gasteiger partial charge in [0.05, 0.1) is 69.3 Å². The quantitative estimate of drug-likeness (QED) is 0.0333. The zero-order valence-corrected chi connectivity index (χ0v) is 31.0. The maximum absolute atomic E-state index is 13.3. The summed E-state index contributed by atoms with van der Waals surface area (Å²) in [6, 6.07) is 2.75. The molecule has 0 bridgehead atoms. The molecular formula is C32H45F3N8O12S. The molecule has 3 aliphatic heterocycles. The third-order valence-corrected chi connectivity index (χ3v) is 9.98. The molecule has 0 aromatic heterocycles. The molecule has 0 saturated carbocycles. The maximum Gasteiger partial charge on any atom is 0.442 e. The summed E-state index contributed by atoms with van der Waals surface area (Å²) < 4.78 is 66.3. The van der Waals surface area contributed by atoms with Gasteiger partial charge in [-0.3, -0.25) is 19.7 Å². The first kappa shape index (κ1) is 44.2. The van der Waals surface area contributed by atoms with Gasteiger partial charge in [0.25, 0.3) is 11.6 Å². The van der Waals surface area contributed by atoms with E-state index < -0.39 is 65.9 Å². The van der Waals surface area contributed by atoms with Gasteiger partial charge in [-0.15, -0.1) is 10.2 Å². The van der Waals surface area contributed by atoms with Crippen molar-refractivity contribution in [3.63, 3.8) is 0 Å². The van der Waals surface area contributed by atoms with E-state index in [2.05, 4.69) is 36.8 Å². The summed E-state index contributed by atoms with van der Waals surface area (Å²) >= 11 is 1.86. The van der Waals surface area contributed by atoms with E-state index in [0.717, 1.165) is 37.1 Å². The minimum atomic E-state index is -4.91. The molecule has 0 spiro atoms. The van der Waals surface area contributed by atoms with Gasteiger partial charge in [0.1, 0.15) is 25.1 Å². The smallest absolute Gasteiger partial charge is 0.442 e. The first-order valence-electron chi connectivity index (χ1n) is 17.8. The number of hydrogen-bond acceptors (Lipinski definition) is 15. The topological polar surface area (TPSA) is 263 Å². The Morgan fingerprint density at radius 3 is 2.30 bits per heavy atom. The van der Waals surface area contributed by atoms with Gasteiger partial charge in [-0.25, -0.2) is 9.59 Å². The lowest BCUT2D eigenvalue weighted by atomic mass is 10.0. The van der Waals surface area contributed by atoms with E-state index in [0.29, 0.717) is 44.1 Å². The van der Waals surface area contributed by atoms with E-state index in [1.54, 1.807) is 0 Å². The number of nitrogens with zero attached hydrogens (tertiary/aromatic N) is 3. The van der Waals surface area contributed by atoms with E-state index in [9.17, 15) is 47.6 Å². The van der Waals surface area contributed by atoms with Crippen molar-refractivity contribution in [2.45, 2.75) is 61.0 Å². The third kappa shape index (κ3) is 13.9. The van der Waals surface area contributed by atoms with Crippen molar-refractivity contribution >= 4 is 41.4 Å². The number of unbranched alkanes of at least 4 members (excludes halogenated alkanes) is 1. The number of urea groups is 1. The molecule has 3 aliphatic rings. The predicted octanol–water partition coefficient (Wildman–Crippen LogP) is 1.25. The Bertz CT molecular complexity index is 1540. The van der Waals surface area contributed by atoms with Crippen molar-refractivity contribution in [1.82, 2.24) is 26.6 Å². The molecule has 24 heteroatoms. The number of hydrogen-bond donors (Lipinski definition) is 6. The molecule has 2 saturated heterocycles. The lowest BCUT2D eigenvalue weighted by Crippen LogP contribution is -2.43. The molecule has 1 aromatic rings. The number of alkyl carbamates (subject to hydrolysis) is 1. The van der Waals surface area contributed by atoms with Crippen molar-refractivity contribution in [3.8, 4) is 5.75 Å². The number of rotatable bonds is 26. The lowest BCUT2D eigenvalue weighted by Gasteiger charge is -2.16. The fraction of sp³-hybridized carbons (Fsp3) is 0.688. The molecule has 2 fully saturated rings. The van der Waals surface area contributed by atoms with Crippen molar-refractivity contribution in [3.05, 3.63) is 33.9 Å². The van der Waals surface area contributed by atoms with Gasteiger partial charge in [0.15, 0.2) is 0 Å². The molecule has 4 rings (SSSR count). The van der Waals surface area contributed by atoms with Crippen molar-refractivity contribution in [1.29, 1.82) is 0 Å². The summed E-state index contributed by atoms with van der Waals surface area (Å²) in [6.45, 7) is 0.758. The Hall–Kier alpha value is -4.52. The number of nitrogens with one attached hydrogen (secondary N) is 5. The Balaban J connectivity index is 0.913. The average molecular weight is 823 g/mol. The van der Waals surface area contributed by atoms with Crippen molar-refractivity contribution in [2.24, 2.45) is 10.2 Å². The number of alkyl halides is 3. The summed E-state index contributed by atoms with van der Waals surface area (Å²) in [5, 5.41) is 40.9. The second-order valence-corrected chi connectivity index (χ2v) is 13.8. The van der Waals surface area contributed by atoms with Crippen LogP contribution in [0.5, 0.6) is 5.75 Å². The zero-order chi connectivity index (χ0) is 40.6. The van der Waals surface area contributed by atoms with Crippen LogP contribution in [0.1, 0.15) is 31.2 Å². The highest BCUT2D eigenvalue weighted by atomic mass is 32.2. The van der Waals surface area contributed by atoms with Gasteiger partial charge in [0, 0.05) is 42.1 Å². The van der Waals surface area contributed by atoms with Crippen LogP contribution in [0.15, 0.2) is 28.4 Å². The molecule has 6 N–H and O–H groups in total. The number of carbonyl (C=O) groups excluding carboxylic acids is 4. The number of amides is 5. The van der Waals surface area contributed by atoms with Crippen LogP contribution in [0.25, 0.3) is 0 Å². The molecule has 312 valence electrons. The normalized spacial score (nSPS) is 19.6. The number of halogens is 3. The minimum Gasteiger partial charge on any atom is -0.490 e. The van der Waals surface area contributed by atoms with Crippen LogP contribution < -0.4 is 31.3 Å². The van der Waals surface area contributed by atoms with E-state index >= 15 is 0 Å². The highest BCUT2D eigenvalue weighted by molar-refractivity contribution is 8.00. The summed E-state index contributed by atoms with van der Waals surface area (Å²) in [6.07, 6.45) is -4.47. The molecule has 0 aliphatic carbocycles. The molecule has 0 unspecified atom stereocenters. The van der Waals surface area contributed by atoms with Crippen LogP contribution in [0.2, 0.25) is 0 Å². The number of non-ortho nitro benzene ring substituents is 1. The molecule has 1 aromatic carbocycles. The number of fused-ring (bicyclic) bond motifs is 1. The summed E-state index contributed by atoms with van der Waals surface area (Å²) in [5.74, 6) is -0.207. The second kappa shape index (κ2) is 21.7. The summed E-state index contributed by atoms with van der Waals surface area (Å²) in [5.41, 5.74) is -4.19. The first-order valence-corrected chi connectivity index (χ1v) is 18.8. The highest BCUT2D eigenvalue weighted by Crippen LogP contribution is 2.53. The standard InChI is InChI=1S/C32H45F3N8O12S/c33-32(34,35)31(41-42-31)20-15-21(43(49)50)17-22(16-20)54-13-14-55-30(48)38-18-24(44)28(46)37-6-8-52-10-12-53-11-9-51-7-5-36-26(45)4-2-1-3-25-27-23(19-56-25)39-29(47)40-27/h15-17,23-25,27,44H,1-14,18-19H2,(H,36,45)(H,37,46)(H,38,48)(H2,39,40,47)/t23-,24+,25-,27-/m0/s1. The Morgan fingerprint density at radius 2 is 1.64 bits per heavy atom. The SMILES string of the molecule is O=C(CCCC[C@@H]1SC[C@@H]2NC(=O)N[C@@H]21)NCCOCCOCCOCCNC(=O)[C@H](O)CNC(=O)OCCOc1cc([N+](=O)[O-])cc(C2(C(F)(F)F)N=N2)c1. The number of aliphatic hydroxyl groups excluding tert-OH is 1. The fourth-order valence-electron chi connectivity index (χ4n) is 5.56. The van der Waals surface area contributed by atoms with Crippen LogP contribution in [-0.2, 0) is 34.2 Å². The van der Waals surface area contributed by atoms with E-state index in [1.807, 2.05) is 11.8 Å². The predicted molar refractivity (Wildman–Crippen MR) is 189 cm³/mol. The maximum atomic E-state index is 13.3. The van der Waals surface area contributed by atoms with Crippen LogP contribution >= 0.6 is 11.8 Å². The fourth-order valence-corrected chi connectivity index (χ4v) is 7.11. The lowest BCUT2D eigenvalue weighted by molar-refractivity contribution is -0.385. The van der Waals surface area contributed by atoms with E-state index in [1.165, 1.54) is 0 Å². The van der Waals surface area contributed by atoms with Gasteiger partial charge in [0.2, 0.25) is 5.91 Å². The van der Waals surface area contributed by atoms with Gasteiger partial charge >= 0.3 is 24.0 Å². The number of ether oxygens (including phenoxy) is 5. The zero-order valence-electron chi connectivity index (χ0n) is 30.2. The van der Waals surface area contributed by atoms with Crippen molar-refractivity contribution in [2.75, 3.05) is 78.2 Å². The molecule has 3 heterocycles. The minimum absolute atomic E-state index is 0.0301. The van der Waals surface area contributed by atoms with Crippen LogP contribution in [0.3, 0.4) is 0 Å². The summed E-state index contributed by atoms with van der Waals surface area (Å²) in [4.78, 5) is 57.7. The molecule has 20 nitrogen and oxygen atoms in total. The first-order chi connectivity index (χ1) is 26.8. The van der Waals surface area contributed by atoms with Crippen molar-refractivity contribution < 1.29 is 66.1 Å². The summed E-state index contributed by atoms with van der Waals surface area (Å²) in [7, 11) is 0. The van der Waals surface area contributed by atoms with Gasteiger partial charge < -0.3 is 55.4 Å². The van der Waals surface area contributed by atoms with Crippen LogP contribution in [-0.4, -0.2) is 142 Å².